The van der Waals surface area contributed by atoms with Gasteiger partial charge in [-0.1, -0.05) is 19.1 Å². The maximum absolute atomic E-state index is 13.9. The van der Waals surface area contributed by atoms with Crippen LogP contribution in [0.25, 0.3) is 0 Å². The summed E-state index contributed by atoms with van der Waals surface area (Å²) in [5.41, 5.74) is 0.663. The molecule has 0 radical (unpaired) electrons. The minimum atomic E-state index is -0.409. The lowest BCUT2D eigenvalue weighted by Gasteiger charge is -2.32. The predicted octanol–water partition coefficient (Wildman–Crippen LogP) is 2.74. The number of amides is 1. The molecule has 1 aromatic carbocycles. The number of carbonyl (C=O) groups is 1. The van der Waals surface area contributed by atoms with Gasteiger partial charge in [0.2, 0.25) is 0 Å². The molecule has 0 bridgehead atoms. The van der Waals surface area contributed by atoms with E-state index in [4.69, 9.17) is 0 Å². The summed E-state index contributed by atoms with van der Waals surface area (Å²) in [5, 5.41) is 2.96. The molecule has 1 amide bonds. The third-order valence-electron chi connectivity index (χ3n) is 3.90. The summed E-state index contributed by atoms with van der Waals surface area (Å²) in [6.45, 7) is 6.99. The molecule has 0 unspecified atom stereocenters. The molecule has 0 spiro atoms. The first-order chi connectivity index (χ1) is 9.61. The van der Waals surface area contributed by atoms with Crippen LogP contribution in [0.2, 0.25) is 0 Å². The number of carbonyl (C=O) groups excluding carboxylic acids is 1. The van der Waals surface area contributed by atoms with Crippen molar-refractivity contribution in [2.45, 2.75) is 39.2 Å². The average Bonchev–Trinajstić information content (AvgIpc) is 2.44. The van der Waals surface area contributed by atoms with Gasteiger partial charge in [-0.2, -0.15) is 0 Å². The Balaban J connectivity index is 1.91. The highest BCUT2D eigenvalue weighted by Gasteiger charge is 2.22. The van der Waals surface area contributed by atoms with Crippen molar-refractivity contribution >= 4 is 5.91 Å². The number of hydrogen-bond donors (Lipinski definition) is 1. The minimum Gasteiger partial charge on any atom is -0.349 e. The zero-order valence-corrected chi connectivity index (χ0v) is 12.3. The minimum absolute atomic E-state index is 0.154. The Hall–Kier alpha value is -1.42. The molecule has 0 aliphatic carbocycles. The normalized spacial score (nSPS) is 17.1. The van der Waals surface area contributed by atoms with Crippen LogP contribution in [0.3, 0.4) is 0 Å². The van der Waals surface area contributed by atoms with E-state index in [0.29, 0.717) is 5.56 Å². The Morgan fingerprint density at radius 1 is 1.40 bits per heavy atom. The molecule has 1 heterocycles. The van der Waals surface area contributed by atoms with Crippen LogP contribution in [0, 0.1) is 12.7 Å². The number of hydrogen-bond acceptors (Lipinski definition) is 2. The van der Waals surface area contributed by atoms with E-state index in [1.807, 2.05) is 0 Å². The average molecular weight is 278 g/mol. The number of likely N-dealkylation sites (tertiary alicyclic amines) is 1. The molecule has 20 heavy (non-hydrogen) atoms. The molecular formula is C16H23FN2O. The topological polar surface area (TPSA) is 32.3 Å². The highest BCUT2D eigenvalue weighted by atomic mass is 19.1. The number of nitrogens with zero attached hydrogens (tertiary/aromatic N) is 1. The van der Waals surface area contributed by atoms with Crippen molar-refractivity contribution < 1.29 is 9.18 Å². The fraction of sp³-hybridized carbons (Fsp3) is 0.562. The molecule has 110 valence electrons. The summed E-state index contributed by atoms with van der Waals surface area (Å²) in [6, 6.07) is 5.10. The van der Waals surface area contributed by atoms with E-state index < -0.39 is 5.82 Å². The lowest BCUT2D eigenvalue weighted by Crippen LogP contribution is -2.45. The van der Waals surface area contributed by atoms with Crippen molar-refractivity contribution in [1.82, 2.24) is 10.2 Å². The smallest absolute Gasteiger partial charge is 0.254 e. The SMILES string of the molecule is CCCN1CCC(NC(=O)c2cccc(C)c2F)CC1. The summed E-state index contributed by atoms with van der Waals surface area (Å²) in [4.78, 5) is 14.5. The summed E-state index contributed by atoms with van der Waals surface area (Å²) >= 11 is 0. The number of halogens is 1. The standard InChI is InChI=1S/C16H23FN2O/c1-3-9-19-10-7-13(8-11-19)18-16(20)14-6-4-5-12(2)15(14)17/h4-6,13H,3,7-11H2,1-2H3,(H,18,20). The zero-order chi connectivity index (χ0) is 14.5. The van der Waals surface area contributed by atoms with E-state index >= 15 is 0 Å². The van der Waals surface area contributed by atoms with Crippen LogP contribution in [-0.4, -0.2) is 36.5 Å². The van der Waals surface area contributed by atoms with Crippen molar-refractivity contribution in [2.75, 3.05) is 19.6 Å². The number of aryl methyl sites for hydroxylation is 1. The van der Waals surface area contributed by atoms with Gasteiger partial charge in [-0.3, -0.25) is 4.79 Å². The van der Waals surface area contributed by atoms with Crippen LogP contribution in [0.4, 0.5) is 4.39 Å². The third kappa shape index (κ3) is 3.57. The molecule has 0 aromatic heterocycles. The Labute approximate surface area is 120 Å². The molecule has 0 saturated carbocycles. The second kappa shape index (κ2) is 6.84. The Bertz CT molecular complexity index is 468. The second-order valence-electron chi connectivity index (χ2n) is 5.53. The van der Waals surface area contributed by atoms with Gasteiger partial charge >= 0.3 is 0 Å². The quantitative estimate of drug-likeness (QED) is 0.918. The lowest BCUT2D eigenvalue weighted by molar-refractivity contribution is 0.0907. The van der Waals surface area contributed by atoms with Crippen molar-refractivity contribution in [3.05, 3.63) is 35.1 Å². The van der Waals surface area contributed by atoms with Crippen molar-refractivity contribution in [2.24, 2.45) is 0 Å². The molecule has 1 fully saturated rings. The van der Waals surface area contributed by atoms with Gasteiger partial charge in [-0.05, 0) is 44.4 Å². The lowest BCUT2D eigenvalue weighted by atomic mass is 10.0. The molecular weight excluding hydrogens is 255 g/mol. The molecule has 1 aliphatic heterocycles. The van der Waals surface area contributed by atoms with E-state index in [1.54, 1.807) is 25.1 Å². The monoisotopic (exact) mass is 278 g/mol. The van der Waals surface area contributed by atoms with Crippen LogP contribution in [0.5, 0.6) is 0 Å². The van der Waals surface area contributed by atoms with E-state index in [2.05, 4.69) is 17.1 Å². The molecule has 2 rings (SSSR count). The molecule has 1 N–H and O–H groups in total. The zero-order valence-electron chi connectivity index (χ0n) is 12.3. The molecule has 1 aromatic rings. The van der Waals surface area contributed by atoms with Crippen LogP contribution < -0.4 is 5.32 Å². The first-order valence-corrected chi connectivity index (χ1v) is 7.40. The van der Waals surface area contributed by atoms with Gasteiger partial charge in [0.05, 0.1) is 5.56 Å². The molecule has 4 heteroatoms. The van der Waals surface area contributed by atoms with Crippen LogP contribution in [0.15, 0.2) is 18.2 Å². The fourth-order valence-electron chi connectivity index (χ4n) is 2.70. The van der Waals surface area contributed by atoms with Gasteiger partial charge in [0, 0.05) is 19.1 Å². The Morgan fingerprint density at radius 2 is 2.10 bits per heavy atom. The maximum atomic E-state index is 13.9. The molecule has 1 aliphatic rings. The van der Waals surface area contributed by atoms with Gasteiger partial charge in [0.1, 0.15) is 5.82 Å². The van der Waals surface area contributed by atoms with E-state index in [1.165, 1.54) is 0 Å². The highest BCUT2D eigenvalue weighted by Crippen LogP contribution is 2.14. The van der Waals surface area contributed by atoms with E-state index in [-0.39, 0.29) is 17.5 Å². The summed E-state index contributed by atoms with van der Waals surface area (Å²) in [7, 11) is 0. The van der Waals surface area contributed by atoms with Gasteiger partial charge in [-0.25, -0.2) is 4.39 Å². The predicted molar refractivity (Wildman–Crippen MR) is 78.4 cm³/mol. The van der Waals surface area contributed by atoms with E-state index in [9.17, 15) is 9.18 Å². The summed E-state index contributed by atoms with van der Waals surface area (Å²) < 4.78 is 13.9. The van der Waals surface area contributed by atoms with Crippen LogP contribution in [-0.2, 0) is 0 Å². The molecule has 3 nitrogen and oxygen atoms in total. The largest absolute Gasteiger partial charge is 0.349 e. The van der Waals surface area contributed by atoms with Crippen molar-refractivity contribution in [3.63, 3.8) is 0 Å². The van der Waals surface area contributed by atoms with Crippen molar-refractivity contribution in [1.29, 1.82) is 0 Å². The van der Waals surface area contributed by atoms with Gasteiger partial charge in [0.15, 0.2) is 0 Å². The van der Waals surface area contributed by atoms with E-state index in [0.717, 1.165) is 38.9 Å². The highest BCUT2D eigenvalue weighted by molar-refractivity contribution is 5.94. The second-order valence-corrected chi connectivity index (χ2v) is 5.53. The fourth-order valence-corrected chi connectivity index (χ4v) is 2.70. The van der Waals surface area contributed by atoms with Crippen molar-refractivity contribution in [3.8, 4) is 0 Å². The summed E-state index contributed by atoms with van der Waals surface area (Å²) in [5.74, 6) is -0.700. The molecule has 0 atom stereocenters. The van der Waals surface area contributed by atoms with Crippen LogP contribution >= 0.6 is 0 Å². The summed E-state index contributed by atoms with van der Waals surface area (Å²) in [6.07, 6.45) is 3.05. The molecule has 1 saturated heterocycles. The third-order valence-corrected chi connectivity index (χ3v) is 3.90. The van der Waals surface area contributed by atoms with Crippen LogP contribution in [0.1, 0.15) is 42.1 Å². The Morgan fingerprint density at radius 3 is 2.75 bits per heavy atom. The first-order valence-electron chi connectivity index (χ1n) is 7.40. The Kier molecular flexibility index (Phi) is 5.12. The van der Waals surface area contributed by atoms with Gasteiger partial charge in [-0.15, -0.1) is 0 Å². The van der Waals surface area contributed by atoms with Gasteiger partial charge in [0.25, 0.3) is 5.91 Å². The number of nitrogens with one attached hydrogen (secondary N) is 1. The maximum Gasteiger partial charge on any atom is 0.254 e. The number of benzene rings is 1. The number of piperidine rings is 1. The number of rotatable bonds is 4. The first kappa shape index (κ1) is 15.0. The van der Waals surface area contributed by atoms with Gasteiger partial charge < -0.3 is 10.2 Å².